The van der Waals surface area contributed by atoms with Gasteiger partial charge in [0.25, 0.3) is 0 Å². The SMILES string of the molecule is COc1cc2cc(c1Cl)N(C)C(=O)C[C@@H](OC(=O)[C@@H](C)NC(=O)CCSC)[C@]1(C)O[C@@H]1[C@@H](C)[C@@H]1C[C@](O)(NC(=O)O1)[C@@H](OC)/C=C/C=C(\C)C2. The third-order valence-electron chi connectivity index (χ3n) is 9.47. The summed E-state index contributed by atoms with van der Waals surface area (Å²) in [5.41, 5.74) is -0.880. The first kappa shape index (κ1) is 39.5. The molecule has 1 aromatic rings. The second kappa shape index (κ2) is 16.4. The molecule has 0 radical (unpaired) electrons. The Hall–Kier alpha value is -3.30. The number of ether oxygens (including phenoxy) is 5. The second-order valence-electron chi connectivity index (χ2n) is 13.3. The number of anilines is 1. The van der Waals surface area contributed by atoms with Gasteiger partial charge in [0.05, 0.1) is 25.3 Å². The fourth-order valence-corrected chi connectivity index (χ4v) is 7.12. The number of rotatable bonds is 8. The lowest BCUT2D eigenvalue weighted by Gasteiger charge is -2.42. The number of thioether (sulfide) groups is 1. The van der Waals surface area contributed by atoms with Gasteiger partial charge in [0.1, 0.15) is 40.7 Å². The maximum absolute atomic E-state index is 14.0. The number of halogens is 1. The summed E-state index contributed by atoms with van der Waals surface area (Å²) in [6, 6.07) is 2.58. The maximum Gasteiger partial charge on any atom is 0.409 e. The van der Waals surface area contributed by atoms with Crippen LogP contribution >= 0.6 is 23.4 Å². The van der Waals surface area contributed by atoms with Gasteiger partial charge in [-0.15, -0.1) is 0 Å². The number of carbonyl (C=O) groups excluding carboxylic acids is 4. The van der Waals surface area contributed by atoms with E-state index in [0.717, 1.165) is 11.1 Å². The van der Waals surface area contributed by atoms with Crippen molar-refractivity contribution < 1.29 is 48.0 Å². The molecule has 4 bridgehead atoms. The second-order valence-corrected chi connectivity index (χ2v) is 14.6. The normalized spacial score (nSPS) is 32.3. The molecule has 3 aliphatic heterocycles. The number of hydrogen-bond acceptors (Lipinski definition) is 11. The van der Waals surface area contributed by atoms with Crippen LogP contribution in [0.1, 0.15) is 52.5 Å². The van der Waals surface area contributed by atoms with Crippen molar-refractivity contribution in [1.82, 2.24) is 10.6 Å². The number of esters is 1. The average molecular weight is 738 g/mol. The van der Waals surface area contributed by atoms with Crippen molar-refractivity contribution in [2.24, 2.45) is 5.92 Å². The Kier molecular flexibility index (Phi) is 12.9. The fraction of sp³-hybridized carbons (Fsp3) is 0.600. The summed E-state index contributed by atoms with van der Waals surface area (Å²) in [4.78, 5) is 54.0. The minimum atomic E-state index is -1.82. The molecule has 13 nitrogen and oxygen atoms in total. The fourth-order valence-electron chi connectivity index (χ4n) is 6.41. The van der Waals surface area contributed by atoms with E-state index in [9.17, 15) is 24.3 Å². The van der Waals surface area contributed by atoms with E-state index in [4.69, 9.17) is 35.3 Å². The Morgan fingerprint density at radius 3 is 2.66 bits per heavy atom. The molecule has 3 heterocycles. The molecule has 1 aromatic carbocycles. The topological polar surface area (TPSA) is 165 Å². The van der Waals surface area contributed by atoms with Crippen LogP contribution in [-0.4, -0.2) is 104 Å². The number of alkyl carbamates (subject to hydrolysis) is 1. The van der Waals surface area contributed by atoms with E-state index in [1.54, 1.807) is 45.2 Å². The van der Waals surface area contributed by atoms with Gasteiger partial charge in [-0.3, -0.25) is 14.9 Å². The van der Waals surface area contributed by atoms with E-state index in [1.165, 1.54) is 37.8 Å². The number of allylic oxidation sites excluding steroid dienone is 3. The van der Waals surface area contributed by atoms with E-state index in [-0.39, 0.29) is 30.2 Å². The molecule has 3 N–H and O–H groups in total. The molecule has 0 saturated carbocycles. The van der Waals surface area contributed by atoms with Gasteiger partial charge in [-0.25, -0.2) is 9.59 Å². The van der Waals surface area contributed by atoms with E-state index in [1.807, 2.05) is 19.3 Å². The lowest BCUT2D eigenvalue weighted by Crippen LogP contribution is -2.63. The summed E-state index contributed by atoms with van der Waals surface area (Å²) in [5, 5.41) is 17.1. The Balaban J connectivity index is 1.75. The highest BCUT2D eigenvalue weighted by atomic mass is 35.5. The molecule has 0 spiro atoms. The standard InChI is InChI=1S/C35H48ClN3O10S/c1-19-10-9-11-26(46-7)35(44)18-25(47-33(43)38-35)20(2)31-34(4,49-31)27(48-32(42)21(3)37-28(40)12-13-50-8)17-29(41)39(5)23-15-22(14-19)16-24(45-6)30(23)36/h9-11,15-16,20-21,25-27,31,44H,12-14,17-18H2,1-8H3,(H,37,40)(H,38,43)/b11-9+,19-10+/t20-,21+,25-,26-,27+,31+,34-,35+/m0/s1. The molecule has 50 heavy (non-hydrogen) atoms. The number of carbonyl (C=O) groups is 4. The average Bonchev–Trinajstić information content (AvgIpc) is 3.76. The monoisotopic (exact) mass is 737 g/mol. The number of nitrogens with one attached hydrogen (secondary N) is 2. The summed E-state index contributed by atoms with van der Waals surface area (Å²) < 4.78 is 29.0. The quantitative estimate of drug-likeness (QED) is 0.262. The molecule has 3 amide bonds. The summed E-state index contributed by atoms with van der Waals surface area (Å²) >= 11 is 8.23. The molecular weight excluding hydrogens is 690 g/mol. The largest absolute Gasteiger partial charge is 0.495 e. The zero-order valence-electron chi connectivity index (χ0n) is 29.7. The number of methoxy groups -OCH3 is 2. The van der Waals surface area contributed by atoms with Gasteiger partial charge in [0.15, 0.2) is 5.72 Å². The Bertz CT molecular complexity index is 1520. The van der Waals surface area contributed by atoms with Crippen LogP contribution in [0.25, 0.3) is 0 Å². The first-order chi connectivity index (χ1) is 23.6. The molecule has 2 fully saturated rings. The zero-order chi connectivity index (χ0) is 37.0. The Labute approximate surface area is 302 Å². The molecule has 0 unspecified atom stereocenters. The molecule has 8 atom stereocenters. The Morgan fingerprint density at radius 2 is 2.00 bits per heavy atom. The highest BCUT2D eigenvalue weighted by Gasteiger charge is 2.64. The maximum atomic E-state index is 14.0. The number of fused-ring (bicyclic) bond motifs is 5. The van der Waals surface area contributed by atoms with Crippen molar-refractivity contribution in [2.75, 3.05) is 38.2 Å². The van der Waals surface area contributed by atoms with Gasteiger partial charge in [-0.1, -0.05) is 42.3 Å². The van der Waals surface area contributed by atoms with Crippen LogP contribution in [0.2, 0.25) is 5.02 Å². The molecular formula is C35H48ClN3O10S. The van der Waals surface area contributed by atoms with Gasteiger partial charge in [-0.2, -0.15) is 11.8 Å². The molecule has 4 rings (SSSR count). The number of amides is 3. The van der Waals surface area contributed by atoms with Crippen LogP contribution in [0.5, 0.6) is 5.75 Å². The van der Waals surface area contributed by atoms with Crippen LogP contribution in [0.4, 0.5) is 10.5 Å². The molecule has 0 aliphatic carbocycles. The third-order valence-corrected chi connectivity index (χ3v) is 10.5. The lowest BCUT2D eigenvalue weighted by molar-refractivity contribution is -0.157. The van der Waals surface area contributed by atoms with Gasteiger partial charge in [0, 0.05) is 38.7 Å². The van der Waals surface area contributed by atoms with Gasteiger partial charge >= 0.3 is 12.1 Å². The molecule has 15 heteroatoms. The van der Waals surface area contributed by atoms with Gasteiger partial charge < -0.3 is 39.0 Å². The van der Waals surface area contributed by atoms with Crippen molar-refractivity contribution in [1.29, 1.82) is 0 Å². The number of hydrogen-bond donors (Lipinski definition) is 3. The zero-order valence-corrected chi connectivity index (χ0v) is 31.3. The van der Waals surface area contributed by atoms with Gasteiger partial charge in [0.2, 0.25) is 11.8 Å². The summed E-state index contributed by atoms with van der Waals surface area (Å²) in [5.74, 6) is -1.04. The van der Waals surface area contributed by atoms with E-state index in [0.29, 0.717) is 23.6 Å². The molecule has 0 aromatic heterocycles. The van der Waals surface area contributed by atoms with E-state index < -0.39 is 65.7 Å². The number of benzene rings is 1. The number of aliphatic hydroxyl groups is 1. The van der Waals surface area contributed by atoms with Crippen LogP contribution in [0, 0.1) is 5.92 Å². The minimum absolute atomic E-state index is 0.0449. The van der Waals surface area contributed by atoms with E-state index in [2.05, 4.69) is 10.6 Å². The van der Waals surface area contributed by atoms with E-state index >= 15 is 0 Å². The summed E-state index contributed by atoms with van der Waals surface area (Å²) in [6.45, 7) is 6.94. The van der Waals surface area contributed by atoms with Crippen molar-refractivity contribution in [2.45, 2.75) is 95.2 Å². The van der Waals surface area contributed by atoms with Crippen LogP contribution in [-0.2, 0) is 39.8 Å². The Morgan fingerprint density at radius 1 is 1.28 bits per heavy atom. The predicted molar refractivity (Wildman–Crippen MR) is 189 cm³/mol. The van der Waals surface area contributed by atoms with Crippen LogP contribution < -0.4 is 20.3 Å². The van der Waals surface area contributed by atoms with Crippen LogP contribution in [0.3, 0.4) is 0 Å². The first-order valence-electron chi connectivity index (χ1n) is 16.4. The third kappa shape index (κ3) is 8.94. The van der Waals surface area contributed by atoms with Crippen molar-refractivity contribution in [3.63, 3.8) is 0 Å². The lowest BCUT2D eigenvalue weighted by atomic mass is 9.83. The van der Waals surface area contributed by atoms with Crippen molar-refractivity contribution >= 4 is 52.9 Å². The molecule has 3 aliphatic rings. The predicted octanol–water partition coefficient (Wildman–Crippen LogP) is 3.93. The van der Waals surface area contributed by atoms with Crippen molar-refractivity contribution in [3.05, 3.63) is 46.5 Å². The summed E-state index contributed by atoms with van der Waals surface area (Å²) in [7, 11) is 4.49. The molecule has 276 valence electrons. The molecule has 2 saturated heterocycles. The van der Waals surface area contributed by atoms with Crippen molar-refractivity contribution in [3.8, 4) is 5.75 Å². The summed E-state index contributed by atoms with van der Waals surface area (Å²) in [6.07, 6.45) is 3.11. The highest BCUT2D eigenvalue weighted by Crippen LogP contribution is 2.49. The van der Waals surface area contributed by atoms with Crippen LogP contribution in [0.15, 0.2) is 35.9 Å². The first-order valence-corrected chi connectivity index (χ1v) is 18.2. The van der Waals surface area contributed by atoms with Gasteiger partial charge in [-0.05, 0) is 51.1 Å². The number of epoxide rings is 1. The smallest absolute Gasteiger partial charge is 0.409 e. The highest BCUT2D eigenvalue weighted by molar-refractivity contribution is 7.98. The minimum Gasteiger partial charge on any atom is -0.495 e. The number of nitrogens with zero attached hydrogens (tertiary/aromatic N) is 1.